The standard InChI is InChI=1S/C19H19N3O4/c1-3-21(4-2)15-7-5-14(6-8-15)20-19(23)18-12-13-11-16(22(24)25)9-10-17(13)26-18/h5-12H,3-4H2,1-2H3,(H,20,23). The average Bonchev–Trinajstić information content (AvgIpc) is 3.07. The van der Waals surface area contributed by atoms with Gasteiger partial charge in [-0.15, -0.1) is 0 Å². The van der Waals surface area contributed by atoms with Crippen LogP contribution in [0.5, 0.6) is 0 Å². The molecule has 1 aromatic heterocycles. The Bertz CT molecular complexity index is 943. The molecule has 0 aliphatic rings. The molecule has 1 amide bonds. The van der Waals surface area contributed by atoms with Crippen LogP contribution in [0.25, 0.3) is 11.0 Å². The van der Waals surface area contributed by atoms with Crippen molar-refractivity contribution in [2.24, 2.45) is 0 Å². The van der Waals surface area contributed by atoms with Crippen LogP contribution in [0.3, 0.4) is 0 Å². The number of benzene rings is 2. The summed E-state index contributed by atoms with van der Waals surface area (Å²) in [5.74, 6) is -0.298. The molecule has 7 heteroatoms. The zero-order chi connectivity index (χ0) is 18.7. The molecule has 0 atom stereocenters. The van der Waals surface area contributed by atoms with Gasteiger partial charge in [0, 0.05) is 42.0 Å². The van der Waals surface area contributed by atoms with Crippen LogP contribution >= 0.6 is 0 Å². The third-order valence-electron chi connectivity index (χ3n) is 4.19. The van der Waals surface area contributed by atoms with Gasteiger partial charge < -0.3 is 14.6 Å². The molecule has 134 valence electrons. The summed E-state index contributed by atoms with van der Waals surface area (Å²) in [7, 11) is 0. The van der Waals surface area contributed by atoms with Gasteiger partial charge in [0.15, 0.2) is 5.76 Å². The molecule has 0 unspecified atom stereocenters. The monoisotopic (exact) mass is 353 g/mol. The number of fused-ring (bicyclic) bond motifs is 1. The SMILES string of the molecule is CCN(CC)c1ccc(NC(=O)c2cc3cc([N+](=O)[O-])ccc3o2)cc1. The van der Waals surface area contributed by atoms with Crippen LogP contribution in [0, 0.1) is 10.1 Å². The second-order valence-electron chi connectivity index (χ2n) is 5.76. The minimum atomic E-state index is -0.483. The summed E-state index contributed by atoms with van der Waals surface area (Å²) in [6.45, 7) is 6.00. The van der Waals surface area contributed by atoms with E-state index in [1.165, 1.54) is 24.3 Å². The molecule has 0 saturated carbocycles. The number of nitro benzene ring substituents is 1. The molecule has 0 saturated heterocycles. The lowest BCUT2D eigenvalue weighted by Gasteiger charge is -2.21. The fourth-order valence-corrected chi connectivity index (χ4v) is 2.79. The van der Waals surface area contributed by atoms with Crippen LogP contribution in [0.1, 0.15) is 24.4 Å². The Morgan fingerprint density at radius 2 is 1.81 bits per heavy atom. The maximum Gasteiger partial charge on any atom is 0.291 e. The van der Waals surface area contributed by atoms with Gasteiger partial charge in [-0.1, -0.05) is 0 Å². The van der Waals surface area contributed by atoms with E-state index in [9.17, 15) is 14.9 Å². The van der Waals surface area contributed by atoms with E-state index in [4.69, 9.17) is 4.42 Å². The Morgan fingerprint density at radius 1 is 1.12 bits per heavy atom. The largest absolute Gasteiger partial charge is 0.451 e. The number of amides is 1. The van der Waals surface area contributed by atoms with Crippen molar-refractivity contribution in [3.8, 4) is 0 Å². The van der Waals surface area contributed by atoms with Gasteiger partial charge in [-0.2, -0.15) is 0 Å². The molecule has 7 nitrogen and oxygen atoms in total. The fourth-order valence-electron chi connectivity index (χ4n) is 2.79. The summed E-state index contributed by atoms with van der Waals surface area (Å²) in [5, 5.41) is 14.1. The Morgan fingerprint density at radius 3 is 2.42 bits per heavy atom. The van der Waals surface area contributed by atoms with E-state index in [-0.39, 0.29) is 11.4 Å². The van der Waals surface area contributed by atoms with Gasteiger partial charge in [-0.25, -0.2) is 0 Å². The van der Waals surface area contributed by atoms with Crippen LogP contribution in [-0.2, 0) is 0 Å². The molecule has 1 N–H and O–H groups in total. The number of hydrogen-bond acceptors (Lipinski definition) is 5. The zero-order valence-electron chi connectivity index (χ0n) is 14.6. The van der Waals surface area contributed by atoms with Gasteiger partial charge in [0.05, 0.1) is 4.92 Å². The van der Waals surface area contributed by atoms with Crippen LogP contribution in [-0.4, -0.2) is 23.9 Å². The lowest BCUT2D eigenvalue weighted by molar-refractivity contribution is -0.384. The number of nitrogens with one attached hydrogen (secondary N) is 1. The third kappa shape index (κ3) is 3.51. The number of furan rings is 1. The van der Waals surface area contributed by atoms with E-state index in [1.54, 1.807) is 0 Å². The van der Waals surface area contributed by atoms with E-state index >= 15 is 0 Å². The molecule has 3 aromatic rings. The molecular formula is C19H19N3O4. The predicted molar refractivity (Wildman–Crippen MR) is 101 cm³/mol. The van der Waals surface area contributed by atoms with Crippen molar-refractivity contribution in [1.29, 1.82) is 0 Å². The summed E-state index contributed by atoms with van der Waals surface area (Å²) in [6.07, 6.45) is 0. The first-order valence-electron chi connectivity index (χ1n) is 8.36. The first-order chi connectivity index (χ1) is 12.5. The van der Waals surface area contributed by atoms with Gasteiger partial charge in [-0.05, 0) is 50.2 Å². The summed E-state index contributed by atoms with van der Waals surface area (Å²) in [6, 6.07) is 13.3. The number of carbonyl (C=O) groups is 1. The maximum absolute atomic E-state index is 12.4. The normalized spacial score (nSPS) is 10.7. The zero-order valence-corrected chi connectivity index (χ0v) is 14.6. The summed E-state index contributed by atoms with van der Waals surface area (Å²) >= 11 is 0. The molecule has 0 fully saturated rings. The van der Waals surface area contributed by atoms with E-state index in [2.05, 4.69) is 24.1 Å². The highest BCUT2D eigenvalue weighted by Crippen LogP contribution is 2.25. The highest BCUT2D eigenvalue weighted by atomic mass is 16.6. The van der Waals surface area contributed by atoms with Crippen molar-refractivity contribution in [2.45, 2.75) is 13.8 Å². The molecule has 0 bridgehead atoms. The minimum absolute atomic E-state index is 0.0442. The van der Waals surface area contributed by atoms with Crippen LogP contribution in [0.2, 0.25) is 0 Å². The van der Waals surface area contributed by atoms with Crippen LogP contribution < -0.4 is 10.2 Å². The summed E-state index contributed by atoms with van der Waals surface area (Å²) < 4.78 is 5.49. The topological polar surface area (TPSA) is 88.6 Å². The van der Waals surface area contributed by atoms with E-state index in [0.29, 0.717) is 16.7 Å². The highest BCUT2D eigenvalue weighted by Gasteiger charge is 2.15. The van der Waals surface area contributed by atoms with Crippen LogP contribution in [0.15, 0.2) is 52.9 Å². The maximum atomic E-state index is 12.4. The molecule has 0 spiro atoms. The molecule has 2 aromatic carbocycles. The Labute approximate surface area is 150 Å². The van der Waals surface area contributed by atoms with Gasteiger partial charge in [0.2, 0.25) is 0 Å². The lowest BCUT2D eigenvalue weighted by Crippen LogP contribution is -2.21. The second-order valence-corrected chi connectivity index (χ2v) is 5.76. The van der Waals surface area contributed by atoms with Crippen molar-refractivity contribution >= 4 is 33.9 Å². The quantitative estimate of drug-likeness (QED) is 0.523. The first-order valence-corrected chi connectivity index (χ1v) is 8.36. The molecule has 1 heterocycles. The minimum Gasteiger partial charge on any atom is -0.451 e. The van der Waals surface area contributed by atoms with Crippen molar-refractivity contribution in [2.75, 3.05) is 23.3 Å². The number of anilines is 2. The molecule has 26 heavy (non-hydrogen) atoms. The smallest absolute Gasteiger partial charge is 0.291 e. The number of nitro groups is 1. The number of nitrogens with zero attached hydrogens (tertiary/aromatic N) is 2. The Hall–Kier alpha value is -3.35. The number of rotatable bonds is 6. The molecule has 3 rings (SSSR count). The van der Waals surface area contributed by atoms with Crippen molar-refractivity contribution in [1.82, 2.24) is 0 Å². The average molecular weight is 353 g/mol. The second kappa shape index (κ2) is 7.26. The fraction of sp³-hybridized carbons (Fsp3) is 0.211. The van der Waals surface area contributed by atoms with Crippen molar-refractivity contribution in [3.63, 3.8) is 0 Å². The third-order valence-corrected chi connectivity index (χ3v) is 4.19. The predicted octanol–water partition coefficient (Wildman–Crippen LogP) is 4.44. The molecule has 0 aliphatic carbocycles. The molecular weight excluding hydrogens is 334 g/mol. The van der Waals surface area contributed by atoms with E-state index in [1.807, 2.05) is 24.3 Å². The van der Waals surface area contributed by atoms with Crippen molar-refractivity contribution in [3.05, 3.63) is 64.4 Å². The highest BCUT2D eigenvalue weighted by molar-refractivity contribution is 6.04. The Balaban J connectivity index is 1.77. The number of carbonyl (C=O) groups excluding carboxylic acids is 1. The van der Waals surface area contributed by atoms with Crippen molar-refractivity contribution < 1.29 is 14.1 Å². The lowest BCUT2D eigenvalue weighted by atomic mass is 10.2. The summed E-state index contributed by atoms with van der Waals surface area (Å²) in [5.41, 5.74) is 2.12. The summed E-state index contributed by atoms with van der Waals surface area (Å²) in [4.78, 5) is 24.9. The number of non-ortho nitro benzene ring substituents is 1. The first kappa shape index (κ1) is 17.5. The van der Waals surface area contributed by atoms with Gasteiger partial charge >= 0.3 is 0 Å². The number of hydrogen-bond donors (Lipinski definition) is 1. The van der Waals surface area contributed by atoms with Gasteiger partial charge in [0.25, 0.3) is 11.6 Å². The van der Waals surface area contributed by atoms with E-state index < -0.39 is 10.8 Å². The van der Waals surface area contributed by atoms with E-state index in [0.717, 1.165) is 18.8 Å². The molecule has 0 radical (unpaired) electrons. The van der Waals surface area contributed by atoms with Gasteiger partial charge in [-0.3, -0.25) is 14.9 Å². The Kier molecular flexibility index (Phi) is 4.88. The molecule has 0 aliphatic heterocycles. The van der Waals surface area contributed by atoms with Gasteiger partial charge in [0.1, 0.15) is 5.58 Å². The van der Waals surface area contributed by atoms with Crippen LogP contribution in [0.4, 0.5) is 17.1 Å².